The van der Waals surface area contributed by atoms with Crippen molar-refractivity contribution in [2.75, 3.05) is 13.2 Å². The minimum absolute atomic E-state index is 0.0902. The van der Waals surface area contributed by atoms with Crippen LogP contribution in [0.5, 0.6) is 5.75 Å². The van der Waals surface area contributed by atoms with Gasteiger partial charge in [-0.15, -0.1) is 0 Å². The SMILES string of the molecule is CCOC(=O)C(C)(C)Oc1c(C)cc(CN(CC(=O)OC(C)(C)C)Cc2nn(Cc3ccc(C)c(C)c3)nc2C)cc1C. The van der Waals surface area contributed by atoms with Gasteiger partial charge in [-0.1, -0.05) is 30.3 Å². The molecule has 9 nitrogen and oxygen atoms in total. The largest absolute Gasteiger partial charge is 0.476 e. The first kappa shape index (κ1) is 33.8. The fraction of sp³-hybridized carbons (Fsp3) is 0.529. The first-order chi connectivity index (χ1) is 20.0. The lowest BCUT2D eigenvalue weighted by Crippen LogP contribution is -2.40. The molecule has 3 aromatic rings. The number of carbonyl (C=O) groups excluding carboxylic acids is 2. The lowest BCUT2D eigenvalue weighted by Gasteiger charge is -2.27. The molecule has 0 N–H and O–H groups in total. The third kappa shape index (κ3) is 9.64. The number of esters is 2. The van der Waals surface area contributed by atoms with Crippen LogP contribution >= 0.6 is 0 Å². The molecule has 1 aromatic heterocycles. The van der Waals surface area contributed by atoms with Crippen LogP contribution in [0.25, 0.3) is 0 Å². The highest BCUT2D eigenvalue weighted by atomic mass is 16.6. The van der Waals surface area contributed by atoms with Crippen LogP contribution in [0.3, 0.4) is 0 Å². The van der Waals surface area contributed by atoms with Crippen molar-refractivity contribution < 1.29 is 23.8 Å². The maximum atomic E-state index is 12.9. The number of hydrogen-bond donors (Lipinski definition) is 0. The normalized spacial score (nSPS) is 12.0. The first-order valence-corrected chi connectivity index (χ1v) is 14.8. The zero-order valence-electron chi connectivity index (χ0n) is 27.8. The molecule has 0 aliphatic rings. The summed E-state index contributed by atoms with van der Waals surface area (Å²) in [5.41, 5.74) is 6.29. The van der Waals surface area contributed by atoms with Crippen LogP contribution in [-0.4, -0.2) is 56.2 Å². The van der Waals surface area contributed by atoms with Crippen molar-refractivity contribution in [1.82, 2.24) is 19.9 Å². The second-order valence-corrected chi connectivity index (χ2v) is 12.8. The molecule has 1 heterocycles. The van der Waals surface area contributed by atoms with E-state index in [-0.39, 0.29) is 19.1 Å². The van der Waals surface area contributed by atoms with Gasteiger partial charge in [0.1, 0.15) is 11.4 Å². The van der Waals surface area contributed by atoms with Gasteiger partial charge < -0.3 is 14.2 Å². The second-order valence-electron chi connectivity index (χ2n) is 12.8. The number of aryl methyl sites for hydroxylation is 5. The van der Waals surface area contributed by atoms with Gasteiger partial charge in [0.05, 0.1) is 31.1 Å². The Morgan fingerprint density at radius 1 is 0.837 bits per heavy atom. The Balaban J connectivity index is 1.85. The summed E-state index contributed by atoms with van der Waals surface area (Å²) in [7, 11) is 0. The maximum absolute atomic E-state index is 12.9. The molecule has 2 aromatic carbocycles. The molecule has 0 saturated carbocycles. The summed E-state index contributed by atoms with van der Waals surface area (Å²) in [6, 6.07) is 10.4. The average molecular weight is 593 g/mol. The van der Waals surface area contributed by atoms with Crippen LogP contribution in [0, 0.1) is 34.6 Å². The Morgan fingerprint density at radius 3 is 2.05 bits per heavy atom. The molecule has 0 saturated heterocycles. The lowest BCUT2D eigenvalue weighted by molar-refractivity contribution is -0.159. The molecule has 0 radical (unpaired) electrons. The van der Waals surface area contributed by atoms with E-state index in [2.05, 4.69) is 37.1 Å². The van der Waals surface area contributed by atoms with E-state index in [0.29, 0.717) is 25.4 Å². The second kappa shape index (κ2) is 13.7. The highest BCUT2D eigenvalue weighted by Gasteiger charge is 2.33. The van der Waals surface area contributed by atoms with Gasteiger partial charge in [-0.05, 0) is 110 Å². The minimum atomic E-state index is -1.13. The van der Waals surface area contributed by atoms with Crippen molar-refractivity contribution in [2.24, 2.45) is 0 Å². The van der Waals surface area contributed by atoms with E-state index in [9.17, 15) is 9.59 Å². The van der Waals surface area contributed by atoms with E-state index >= 15 is 0 Å². The fourth-order valence-electron chi connectivity index (χ4n) is 4.83. The highest BCUT2D eigenvalue weighted by molar-refractivity contribution is 5.79. The number of ether oxygens (including phenoxy) is 3. The third-order valence-corrected chi connectivity index (χ3v) is 7.01. The standard InChI is InChI=1S/C34H48N4O5/c1-12-41-32(40)34(10,11)43-31-24(4)16-28(17-25(31)5)18-37(21-30(39)42-33(7,8)9)20-29-26(6)35-38(36-29)19-27-14-13-22(2)23(3)15-27/h13-17H,12,18-21H2,1-11H3. The van der Waals surface area contributed by atoms with Crippen LogP contribution in [0.1, 0.15) is 86.3 Å². The Labute approximate surface area is 256 Å². The van der Waals surface area contributed by atoms with Crippen LogP contribution in [0.15, 0.2) is 30.3 Å². The number of aromatic nitrogens is 3. The molecule has 234 valence electrons. The Morgan fingerprint density at radius 2 is 1.47 bits per heavy atom. The Kier molecular flexibility index (Phi) is 10.8. The summed E-state index contributed by atoms with van der Waals surface area (Å²) in [6.07, 6.45) is 0. The molecule has 0 amide bonds. The van der Waals surface area contributed by atoms with Crippen molar-refractivity contribution in [3.63, 3.8) is 0 Å². The molecule has 43 heavy (non-hydrogen) atoms. The number of rotatable bonds is 12. The Hall–Kier alpha value is -3.72. The van der Waals surface area contributed by atoms with Gasteiger partial charge in [0.25, 0.3) is 0 Å². The van der Waals surface area contributed by atoms with Crippen molar-refractivity contribution in [3.8, 4) is 5.75 Å². The van der Waals surface area contributed by atoms with E-state index in [4.69, 9.17) is 19.3 Å². The van der Waals surface area contributed by atoms with E-state index in [1.54, 1.807) is 25.6 Å². The summed E-state index contributed by atoms with van der Waals surface area (Å²) < 4.78 is 17.0. The summed E-state index contributed by atoms with van der Waals surface area (Å²) in [5.74, 6) is -0.0785. The van der Waals surface area contributed by atoms with Gasteiger partial charge in [0, 0.05) is 13.1 Å². The summed E-state index contributed by atoms with van der Waals surface area (Å²) in [5, 5.41) is 9.46. The molecule has 0 atom stereocenters. The summed E-state index contributed by atoms with van der Waals surface area (Å²) >= 11 is 0. The maximum Gasteiger partial charge on any atom is 0.349 e. The first-order valence-electron chi connectivity index (χ1n) is 14.8. The molecule has 0 aliphatic heterocycles. The molecule has 0 bridgehead atoms. The molecule has 9 heteroatoms. The zero-order valence-corrected chi connectivity index (χ0v) is 27.8. The predicted octanol–water partition coefficient (Wildman–Crippen LogP) is 5.93. The monoisotopic (exact) mass is 592 g/mol. The van der Waals surface area contributed by atoms with E-state index in [1.165, 1.54) is 11.1 Å². The van der Waals surface area contributed by atoms with Gasteiger partial charge in [-0.2, -0.15) is 15.0 Å². The zero-order chi connectivity index (χ0) is 32.1. The molecule has 0 aliphatic carbocycles. The van der Waals surface area contributed by atoms with Crippen LogP contribution in [0.4, 0.5) is 0 Å². The number of carbonyl (C=O) groups is 2. The molecule has 0 unspecified atom stereocenters. The van der Waals surface area contributed by atoms with Crippen LogP contribution in [0.2, 0.25) is 0 Å². The summed E-state index contributed by atoms with van der Waals surface area (Å²) in [6.45, 7) is 22.7. The Bertz CT molecular complexity index is 1430. The third-order valence-electron chi connectivity index (χ3n) is 7.01. The molecular formula is C34H48N4O5. The molecule has 0 fully saturated rings. The van der Waals surface area contributed by atoms with Crippen molar-refractivity contribution in [2.45, 2.75) is 107 Å². The van der Waals surface area contributed by atoms with Gasteiger partial charge in [-0.3, -0.25) is 9.69 Å². The lowest BCUT2D eigenvalue weighted by atomic mass is 10.0. The minimum Gasteiger partial charge on any atom is -0.476 e. The predicted molar refractivity (Wildman–Crippen MR) is 167 cm³/mol. The highest BCUT2D eigenvalue weighted by Crippen LogP contribution is 2.30. The van der Waals surface area contributed by atoms with Crippen molar-refractivity contribution in [1.29, 1.82) is 0 Å². The van der Waals surface area contributed by atoms with Gasteiger partial charge in [0.15, 0.2) is 5.60 Å². The van der Waals surface area contributed by atoms with E-state index in [1.807, 2.05) is 58.6 Å². The summed E-state index contributed by atoms with van der Waals surface area (Å²) in [4.78, 5) is 29.1. The van der Waals surface area contributed by atoms with Gasteiger partial charge >= 0.3 is 11.9 Å². The van der Waals surface area contributed by atoms with Gasteiger partial charge in [0.2, 0.25) is 0 Å². The van der Waals surface area contributed by atoms with E-state index in [0.717, 1.165) is 33.6 Å². The molecule has 0 spiro atoms. The number of nitrogens with zero attached hydrogens (tertiary/aromatic N) is 4. The van der Waals surface area contributed by atoms with Crippen molar-refractivity contribution >= 4 is 11.9 Å². The average Bonchev–Trinajstić information content (AvgIpc) is 3.20. The topological polar surface area (TPSA) is 95.8 Å². The van der Waals surface area contributed by atoms with Gasteiger partial charge in [-0.25, -0.2) is 4.79 Å². The quantitative estimate of drug-likeness (QED) is 0.239. The fourth-order valence-corrected chi connectivity index (χ4v) is 4.83. The van der Waals surface area contributed by atoms with E-state index < -0.39 is 17.2 Å². The van der Waals surface area contributed by atoms with Crippen LogP contribution in [-0.2, 0) is 38.7 Å². The molecule has 3 rings (SSSR count). The number of benzene rings is 2. The van der Waals surface area contributed by atoms with Crippen LogP contribution < -0.4 is 4.74 Å². The molecular weight excluding hydrogens is 544 g/mol. The number of hydrogen-bond acceptors (Lipinski definition) is 8. The van der Waals surface area contributed by atoms with Crippen molar-refractivity contribution in [3.05, 3.63) is 75.1 Å². The smallest absolute Gasteiger partial charge is 0.349 e.